The van der Waals surface area contributed by atoms with Gasteiger partial charge in [0.2, 0.25) is 0 Å². The van der Waals surface area contributed by atoms with Crippen molar-refractivity contribution in [3.63, 3.8) is 0 Å². The SMILES string of the molecule is Nc1ccc(COCCOC2CCCCO2)cn1. The fourth-order valence-corrected chi connectivity index (χ4v) is 1.79. The standard InChI is InChI=1S/C13H20N2O3/c14-12-5-4-11(9-15-12)10-16-7-8-18-13-3-1-2-6-17-13/h4-5,9,13H,1-3,6-8,10H2,(H2,14,15). The summed E-state index contributed by atoms with van der Waals surface area (Å²) >= 11 is 0. The predicted molar refractivity (Wildman–Crippen MR) is 67.8 cm³/mol. The van der Waals surface area contributed by atoms with E-state index in [-0.39, 0.29) is 6.29 Å². The van der Waals surface area contributed by atoms with E-state index in [4.69, 9.17) is 19.9 Å². The number of hydrogen-bond donors (Lipinski definition) is 1. The van der Waals surface area contributed by atoms with Gasteiger partial charge >= 0.3 is 0 Å². The van der Waals surface area contributed by atoms with E-state index in [0.717, 1.165) is 25.0 Å². The Morgan fingerprint density at radius 3 is 3.00 bits per heavy atom. The van der Waals surface area contributed by atoms with E-state index in [1.807, 2.05) is 6.07 Å². The van der Waals surface area contributed by atoms with Crippen LogP contribution in [0.5, 0.6) is 0 Å². The highest BCUT2D eigenvalue weighted by atomic mass is 16.7. The molecule has 5 heteroatoms. The van der Waals surface area contributed by atoms with Gasteiger partial charge in [-0.1, -0.05) is 6.07 Å². The first-order chi connectivity index (χ1) is 8.84. The molecular weight excluding hydrogens is 232 g/mol. The summed E-state index contributed by atoms with van der Waals surface area (Å²) in [6, 6.07) is 3.68. The average Bonchev–Trinajstić information content (AvgIpc) is 2.42. The maximum absolute atomic E-state index is 5.56. The number of aromatic nitrogens is 1. The van der Waals surface area contributed by atoms with Gasteiger partial charge in [-0.3, -0.25) is 0 Å². The fourth-order valence-electron chi connectivity index (χ4n) is 1.79. The summed E-state index contributed by atoms with van der Waals surface area (Å²) in [5, 5.41) is 0. The van der Waals surface area contributed by atoms with Crippen LogP contribution < -0.4 is 5.73 Å². The van der Waals surface area contributed by atoms with Crippen LogP contribution in [-0.4, -0.2) is 31.1 Å². The topological polar surface area (TPSA) is 66.6 Å². The van der Waals surface area contributed by atoms with Gasteiger partial charge < -0.3 is 19.9 Å². The summed E-state index contributed by atoms with van der Waals surface area (Å²) in [6.07, 6.45) is 4.99. The Balaban J connectivity index is 1.54. The third-order valence-corrected chi connectivity index (χ3v) is 2.79. The minimum Gasteiger partial charge on any atom is -0.384 e. The average molecular weight is 252 g/mol. The monoisotopic (exact) mass is 252 g/mol. The quantitative estimate of drug-likeness (QED) is 0.781. The molecule has 1 unspecified atom stereocenters. The van der Waals surface area contributed by atoms with Crippen LogP contribution in [0.3, 0.4) is 0 Å². The van der Waals surface area contributed by atoms with Crippen molar-refractivity contribution in [1.82, 2.24) is 4.98 Å². The maximum atomic E-state index is 5.56. The first kappa shape index (κ1) is 13.3. The third kappa shape index (κ3) is 4.60. The zero-order chi connectivity index (χ0) is 12.6. The Bertz CT molecular complexity index is 337. The van der Waals surface area contributed by atoms with Crippen molar-refractivity contribution in [2.45, 2.75) is 32.2 Å². The lowest BCUT2D eigenvalue weighted by atomic mass is 10.2. The minimum absolute atomic E-state index is 0.0412. The molecule has 0 bridgehead atoms. The number of nitrogens with zero attached hydrogens (tertiary/aromatic N) is 1. The maximum Gasteiger partial charge on any atom is 0.157 e. The molecule has 1 aliphatic heterocycles. The number of nitrogen functional groups attached to an aromatic ring is 1. The number of rotatable bonds is 6. The highest BCUT2D eigenvalue weighted by molar-refractivity contribution is 5.28. The lowest BCUT2D eigenvalue weighted by Gasteiger charge is -2.22. The van der Waals surface area contributed by atoms with Crippen LogP contribution in [0.4, 0.5) is 5.82 Å². The van der Waals surface area contributed by atoms with Crippen molar-refractivity contribution in [3.8, 4) is 0 Å². The number of pyridine rings is 1. The summed E-state index contributed by atoms with van der Waals surface area (Å²) in [6.45, 7) is 2.46. The molecule has 1 aliphatic rings. The summed E-state index contributed by atoms with van der Waals surface area (Å²) < 4.78 is 16.5. The van der Waals surface area contributed by atoms with Crippen molar-refractivity contribution in [2.75, 3.05) is 25.6 Å². The number of nitrogens with two attached hydrogens (primary N) is 1. The summed E-state index contributed by atoms with van der Waals surface area (Å²) in [5.41, 5.74) is 6.51. The number of hydrogen-bond acceptors (Lipinski definition) is 5. The lowest BCUT2D eigenvalue weighted by Crippen LogP contribution is -2.23. The molecule has 2 N–H and O–H groups in total. The molecule has 0 spiro atoms. The lowest BCUT2D eigenvalue weighted by molar-refractivity contribution is -0.169. The van der Waals surface area contributed by atoms with Crippen LogP contribution in [0, 0.1) is 0 Å². The van der Waals surface area contributed by atoms with Crippen molar-refractivity contribution in [1.29, 1.82) is 0 Å². The van der Waals surface area contributed by atoms with Crippen LogP contribution in [0.25, 0.3) is 0 Å². The zero-order valence-corrected chi connectivity index (χ0v) is 10.5. The Morgan fingerprint density at radius 2 is 2.28 bits per heavy atom. The van der Waals surface area contributed by atoms with Gasteiger partial charge in [0.05, 0.1) is 19.8 Å². The molecule has 5 nitrogen and oxygen atoms in total. The van der Waals surface area contributed by atoms with Gasteiger partial charge in [-0.2, -0.15) is 0 Å². The fraction of sp³-hybridized carbons (Fsp3) is 0.615. The predicted octanol–water partition coefficient (Wildman–Crippen LogP) is 1.72. The molecular formula is C13H20N2O3. The van der Waals surface area contributed by atoms with Crippen molar-refractivity contribution in [3.05, 3.63) is 23.9 Å². The van der Waals surface area contributed by atoms with E-state index >= 15 is 0 Å². The molecule has 1 fully saturated rings. The van der Waals surface area contributed by atoms with E-state index in [9.17, 15) is 0 Å². The van der Waals surface area contributed by atoms with E-state index in [2.05, 4.69) is 4.98 Å². The number of ether oxygens (including phenoxy) is 3. The Labute approximate surface area is 107 Å². The summed E-state index contributed by atoms with van der Waals surface area (Å²) in [5.74, 6) is 0.525. The second kappa shape index (κ2) is 7.31. The van der Waals surface area contributed by atoms with Crippen molar-refractivity contribution in [2.24, 2.45) is 0 Å². The summed E-state index contributed by atoms with van der Waals surface area (Å²) in [4.78, 5) is 4.00. The highest BCUT2D eigenvalue weighted by Crippen LogP contribution is 2.13. The molecule has 18 heavy (non-hydrogen) atoms. The number of anilines is 1. The van der Waals surface area contributed by atoms with E-state index < -0.39 is 0 Å². The molecule has 1 saturated heterocycles. The molecule has 0 aliphatic carbocycles. The second-order valence-corrected chi connectivity index (χ2v) is 4.31. The third-order valence-electron chi connectivity index (χ3n) is 2.79. The van der Waals surface area contributed by atoms with Gasteiger partial charge in [0.15, 0.2) is 6.29 Å². The zero-order valence-electron chi connectivity index (χ0n) is 10.5. The second-order valence-electron chi connectivity index (χ2n) is 4.31. The molecule has 100 valence electrons. The van der Waals surface area contributed by atoms with Gasteiger partial charge in [0.1, 0.15) is 5.82 Å². The Morgan fingerprint density at radius 1 is 1.33 bits per heavy atom. The molecule has 1 aromatic heterocycles. The molecule has 0 radical (unpaired) electrons. The molecule has 0 saturated carbocycles. The first-order valence-electron chi connectivity index (χ1n) is 6.36. The van der Waals surface area contributed by atoms with Crippen LogP contribution in [0.1, 0.15) is 24.8 Å². The van der Waals surface area contributed by atoms with Gasteiger partial charge in [-0.15, -0.1) is 0 Å². The smallest absolute Gasteiger partial charge is 0.157 e. The molecule has 1 aromatic rings. The van der Waals surface area contributed by atoms with E-state index in [0.29, 0.717) is 25.6 Å². The minimum atomic E-state index is -0.0412. The van der Waals surface area contributed by atoms with Crippen molar-refractivity contribution < 1.29 is 14.2 Å². The first-order valence-corrected chi connectivity index (χ1v) is 6.36. The molecule has 0 aromatic carbocycles. The molecule has 0 amide bonds. The van der Waals surface area contributed by atoms with Crippen LogP contribution in [0.15, 0.2) is 18.3 Å². The van der Waals surface area contributed by atoms with Crippen LogP contribution in [0.2, 0.25) is 0 Å². The molecule has 2 heterocycles. The Hall–Kier alpha value is -1.17. The van der Waals surface area contributed by atoms with Crippen molar-refractivity contribution >= 4 is 5.82 Å². The molecule has 2 rings (SSSR count). The van der Waals surface area contributed by atoms with E-state index in [1.54, 1.807) is 12.3 Å². The van der Waals surface area contributed by atoms with Gasteiger partial charge in [-0.25, -0.2) is 4.98 Å². The van der Waals surface area contributed by atoms with Crippen LogP contribution in [-0.2, 0) is 20.8 Å². The van der Waals surface area contributed by atoms with Crippen LogP contribution >= 0.6 is 0 Å². The highest BCUT2D eigenvalue weighted by Gasteiger charge is 2.13. The van der Waals surface area contributed by atoms with Gasteiger partial charge in [0.25, 0.3) is 0 Å². The normalized spacial score (nSPS) is 19.9. The Kier molecular flexibility index (Phi) is 5.38. The largest absolute Gasteiger partial charge is 0.384 e. The molecule has 1 atom stereocenters. The van der Waals surface area contributed by atoms with Gasteiger partial charge in [0, 0.05) is 12.8 Å². The summed E-state index contributed by atoms with van der Waals surface area (Å²) in [7, 11) is 0. The van der Waals surface area contributed by atoms with Gasteiger partial charge in [-0.05, 0) is 30.9 Å². The van der Waals surface area contributed by atoms with E-state index in [1.165, 1.54) is 6.42 Å².